The fourth-order valence-corrected chi connectivity index (χ4v) is 2.61. The minimum atomic E-state index is -1.06. The number of aliphatic carboxylic acids is 1. The molecule has 0 fully saturated rings. The lowest BCUT2D eigenvalue weighted by molar-refractivity contribution is -0.140. The summed E-state index contributed by atoms with van der Waals surface area (Å²) in [6.07, 6.45) is 8.54. The van der Waals surface area contributed by atoms with E-state index >= 15 is 0 Å². The van der Waals surface area contributed by atoms with Crippen LogP contribution in [0, 0.1) is 0 Å². The average Bonchev–Trinajstić information content (AvgIpc) is 2.60. The first-order valence-electron chi connectivity index (χ1n) is 9.75. The maximum atomic E-state index is 12.0. The second-order valence-electron chi connectivity index (χ2n) is 6.50. The third-order valence-electron chi connectivity index (χ3n) is 4.13. The van der Waals surface area contributed by atoms with Gasteiger partial charge in [-0.05, 0) is 19.8 Å². The highest BCUT2D eigenvalue weighted by Crippen LogP contribution is 2.10. The van der Waals surface area contributed by atoms with Crippen molar-refractivity contribution in [3.05, 3.63) is 0 Å². The topological polar surface area (TPSA) is 113 Å². The van der Waals surface area contributed by atoms with Gasteiger partial charge in [0.25, 0.3) is 5.91 Å². The van der Waals surface area contributed by atoms with E-state index in [0.717, 1.165) is 19.3 Å². The van der Waals surface area contributed by atoms with Crippen LogP contribution >= 0.6 is 0 Å². The average molecular weight is 370 g/mol. The van der Waals surface area contributed by atoms with Crippen molar-refractivity contribution < 1.29 is 24.3 Å². The van der Waals surface area contributed by atoms with Crippen LogP contribution in [-0.2, 0) is 19.2 Å². The maximum Gasteiger partial charge on any atom is 0.303 e. The molecule has 26 heavy (non-hydrogen) atoms. The molecule has 0 saturated heterocycles. The van der Waals surface area contributed by atoms with Gasteiger partial charge in [0.05, 0.1) is 0 Å². The smallest absolute Gasteiger partial charge is 0.303 e. The van der Waals surface area contributed by atoms with Gasteiger partial charge in [-0.3, -0.25) is 19.2 Å². The van der Waals surface area contributed by atoms with Gasteiger partial charge in [-0.15, -0.1) is 0 Å². The first kappa shape index (κ1) is 24.1. The van der Waals surface area contributed by atoms with Crippen molar-refractivity contribution in [3.8, 4) is 0 Å². The second kappa shape index (κ2) is 15.3. The molecule has 0 spiro atoms. The van der Waals surface area contributed by atoms with Crippen LogP contribution < -0.4 is 10.6 Å². The molecule has 0 aromatic rings. The molecule has 150 valence electrons. The molecule has 0 saturated carbocycles. The van der Waals surface area contributed by atoms with Gasteiger partial charge in [0.2, 0.25) is 11.7 Å². The molecule has 0 radical (unpaired) electrons. The minimum Gasteiger partial charge on any atom is -0.481 e. The van der Waals surface area contributed by atoms with Crippen LogP contribution in [0.2, 0.25) is 0 Å². The highest BCUT2D eigenvalue weighted by atomic mass is 16.4. The Morgan fingerprint density at radius 1 is 0.846 bits per heavy atom. The molecule has 2 amide bonds. The number of carbonyl (C=O) groups is 4. The number of Topliss-reactive ketones (excluding diaryl/α,β-unsaturated/α-hetero) is 1. The van der Waals surface area contributed by atoms with Gasteiger partial charge in [0, 0.05) is 19.4 Å². The largest absolute Gasteiger partial charge is 0.481 e. The summed E-state index contributed by atoms with van der Waals surface area (Å²) in [6.45, 7) is 4.26. The Morgan fingerprint density at radius 2 is 1.42 bits per heavy atom. The lowest BCUT2D eigenvalue weighted by atomic mass is 10.1. The van der Waals surface area contributed by atoms with E-state index < -0.39 is 29.6 Å². The van der Waals surface area contributed by atoms with Gasteiger partial charge in [0.15, 0.2) is 0 Å². The van der Waals surface area contributed by atoms with Gasteiger partial charge in [-0.1, -0.05) is 51.9 Å². The third kappa shape index (κ3) is 12.4. The fourth-order valence-electron chi connectivity index (χ4n) is 2.61. The Morgan fingerprint density at radius 3 is 1.96 bits per heavy atom. The van der Waals surface area contributed by atoms with E-state index in [9.17, 15) is 19.2 Å². The molecule has 0 heterocycles. The number of hydrogen-bond donors (Lipinski definition) is 3. The summed E-state index contributed by atoms with van der Waals surface area (Å²) in [4.78, 5) is 46.4. The number of nitrogens with one attached hydrogen (secondary N) is 2. The number of carboxylic acid groups (broad SMARTS) is 1. The highest BCUT2D eigenvalue weighted by molar-refractivity contribution is 6.36. The van der Waals surface area contributed by atoms with E-state index in [1.165, 1.54) is 25.7 Å². The first-order valence-corrected chi connectivity index (χ1v) is 9.75. The van der Waals surface area contributed by atoms with Crippen LogP contribution in [0.1, 0.15) is 84.5 Å². The van der Waals surface area contributed by atoms with Gasteiger partial charge >= 0.3 is 5.97 Å². The molecule has 0 bridgehead atoms. The molecule has 0 aromatic heterocycles. The molecule has 0 aliphatic carbocycles. The SMILES string of the molecule is CCCCCCCCCCC(=O)C(=O)N[C@@H](CCC(=O)O)C(=O)NCC. The first-order chi connectivity index (χ1) is 12.4. The van der Waals surface area contributed by atoms with Crippen LogP contribution in [0.25, 0.3) is 0 Å². The van der Waals surface area contributed by atoms with Crippen LogP contribution in [0.5, 0.6) is 0 Å². The van der Waals surface area contributed by atoms with E-state index in [2.05, 4.69) is 17.6 Å². The monoisotopic (exact) mass is 370 g/mol. The van der Waals surface area contributed by atoms with Crippen LogP contribution in [0.4, 0.5) is 0 Å². The Balaban J connectivity index is 4.15. The lowest BCUT2D eigenvalue weighted by Gasteiger charge is -2.16. The number of likely N-dealkylation sites (N-methyl/N-ethyl adjacent to an activating group) is 1. The molecule has 0 aromatic carbocycles. The van der Waals surface area contributed by atoms with Crippen LogP contribution in [-0.4, -0.2) is 41.3 Å². The zero-order valence-electron chi connectivity index (χ0n) is 16.1. The number of unbranched alkanes of at least 4 members (excludes halogenated alkanes) is 7. The molecular formula is C19H34N2O5. The zero-order chi connectivity index (χ0) is 19.8. The van der Waals surface area contributed by atoms with Crippen molar-refractivity contribution in [3.63, 3.8) is 0 Å². The fraction of sp³-hybridized carbons (Fsp3) is 0.789. The van der Waals surface area contributed by atoms with E-state index in [-0.39, 0.29) is 19.3 Å². The van der Waals surface area contributed by atoms with E-state index in [1.54, 1.807) is 6.92 Å². The van der Waals surface area contributed by atoms with Crippen molar-refractivity contribution in [2.75, 3.05) is 6.54 Å². The van der Waals surface area contributed by atoms with Crippen molar-refractivity contribution in [1.29, 1.82) is 0 Å². The van der Waals surface area contributed by atoms with Crippen molar-refractivity contribution >= 4 is 23.6 Å². The predicted octanol–water partition coefficient (Wildman–Crippen LogP) is 2.57. The van der Waals surface area contributed by atoms with Gasteiger partial charge in [0.1, 0.15) is 6.04 Å². The Bertz CT molecular complexity index is 451. The lowest BCUT2D eigenvalue weighted by Crippen LogP contribution is -2.48. The summed E-state index contributed by atoms with van der Waals surface area (Å²) in [6, 6.07) is -0.999. The number of ketones is 1. The quantitative estimate of drug-likeness (QED) is 0.285. The minimum absolute atomic E-state index is 0.0437. The summed E-state index contributed by atoms with van der Waals surface area (Å²) < 4.78 is 0. The summed E-state index contributed by atoms with van der Waals surface area (Å²) in [5.74, 6) is -2.89. The summed E-state index contributed by atoms with van der Waals surface area (Å²) in [7, 11) is 0. The van der Waals surface area contributed by atoms with Gasteiger partial charge in [-0.25, -0.2) is 0 Å². The summed E-state index contributed by atoms with van der Waals surface area (Å²) in [5, 5.41) is 13.6. The summed E-state index contributed by atoms with van der Waals surface area (Å²) in [5.41, 5.74) is 0. The Kier molecular flexibility index (Phi) is 14.2. The van der Waals surface area contributed by atoms with E-state index in [0.29, 0.717) is 13.0 Å². The predicted molar refractivity (Wildman–Crippen MR) is 99.7 cm³/mol. The van der Waals surface area contributed by atoms with Crippen LogP contribution in [0.15, 0.2) is 0 Å². The molecular weight excluding hydrogens is 336 g/mol. The van der Waals surface area contributed by atoms with Crippen molar-refractivity contribution in [2.24, 2.45) is 0 Å². The van der Waals surface area contributed by atoms with Crippen molar-refractivity contribution in [2.45, 2.75) is 90.5 Å². The number of rotatable bonds is 16. The molecule has 0 rings (SSSR count). The second-order valence-corrected chi connectivity index (χ2v) is 6.50. The molecule has 0 aliphatic heterocycles. The number of carboxylic acids is 1. The van der Waals surface area contributed by atoms with Crippen molar-refractivity contribution in [1.82, 2.24) is 10.6 Å². The number of carbonyl (C=O) groups excluding carboxylic acids is 3. The molecule has 3 N–H and O–H groups in total. The zero-order valence-corrected chi connectivity index (χ0v) is 16.1. The van der Waals surface area contributed by atoms with Gasteiger partial charge < -0.3 is 15.7 Å². The van der Waals surface area contributed by atoms with Gasteiger partial charge in [-0.2, -0.15) is 0 Å². The van der Waals surface area contributed by atoms with Crippen LogP contribution in [0.3, 0.4) is 0 Å². The third-order valence-corrected chi connectivity index (χ3v) is 4.13. The maximum absolute atomic E-state index is 12.0. The summed E-state index contributed by atoms with van der Waals surface area (Å²) >= 11 is 0. The molecule has 7 nitrogen and oxygen atoms in total. The Hall–Kier alpha value is -1.92. The molecule has 1 atom stereocenters. The van der Waals surface area contributed by atoms with E-state index in [4.69, 9.17) is 5.11 Å². The Labute approximate surface area is 156 Å². The highest BCUT2D eigenvalue weighted by Gasteiger charge is 2.24. The standard InChI is InChI=1S/C19H34N2O5/c1-3-5-6-7-8-9-10-11-12-16(22)19(26)21-15(13-14-17(23)24)18(25)20-4-2/h15H,3-14H2,1-2H3,(H,20,25)(H,21,26)(H,23,24)/t15-/m0/s1. The normalized spacial score (nSPS) is 11.6. The van der Waals surface area contributed by atoms with E-state index in [1.807, 2.05) is 0 Å². The molecule has 7 heteroatoms. The number of hydrogen-bond acceptors (Lipinski definition) is 4. The number of amides is 2. The molecule has 0 aliphatic rings. The molecule has 0 unspecified atom stereocenters.